The first kappa shape index (κ1) is 18.8. The first-order chi connectivity index (χ1) is 12.2. The molecule has 1 heterocycles. The first-order valence-electron chi connectivity index (χ1n) is 8.78. The standard InChI is InChI=1S/C19H25N3O3/c20-11-8-19(24)22-12-9-16(10-13-22)15-21-18(23)7-4-14-25-17-5-2-1-3-6-17/h1-3,5-6,16H,4,7-10,12-15H2,(H,21,23). The number of benzene rings is 1. The lowest BCUT2D eigenvalue weighted by molar-refractivity contribution is -0.131. The van der Waals surface area contributed by atoms with Crippen LogP contribution in [0.5, 0.6) is 5.75 Å². The molecule has 1 aromatic carbocycles. The van der Waals surface area contributed by atoms with Gasteiger partial charge in [0.1, 0.15) is 12.2 Å². The van der Waals surface area contributed by atoms with E-state index in [2.05, 4.69) is 5.32 Å². The smallest absolute Gasteiger partial charge is 0.236 e. The zero-order valence-electron chi connectivity index (χ0n) is 14.4. The van der Waals surface area contributed by atoms with Crippen molar-refractivity contribution in [1.29, 1.82) is 5.26 Å². The molecule has 2 rings (SSSR count). The molecule has 0 bridgehead atoms. The van der Waals surface area contributed by atoms with Crippen molar-refractivity contribution < 1.29 is 14.3 Å². The Bertz CT molecular complexity index is 590. The van der Waals surface area contributed by atoms with Crippen molar-refractivity contribution in [2.45, 2.75) is 32.1 Å². The summed E-state index contributed by atoms with van der Waals surface area (Å²) in [5, 5.41) is 11.5. The fourth-order valence-corrected chi connectivity index (χ4v) is 2.85. The van der Waals surface area contributed by atoms with Crippen LogP contribution in [-0.2, 0) is 9.59 Å². The maximum atomic E-state index is 11.9. The summed E-state index contributed by atoms with van der Waals surface area (Å²) < 4.78 is 5.56. The molecule has 0 aliphatic carbocycles. The van der Waals surface area contributed by atoms with Gasteiger partial charge in [-0.25, -0.2) is 0 Å². The number of nitriles is 1. The van der Waals surface area contributed by atoms with Gasteiger partial charge < -0.3 is 15.0 Å². The summed E-state index contributed by atoms with van der Waals surface area (Å²) in [6.07, 6.45) is 2.82. The number of ether oxygens (including phenoxy) is 1. The van der Waals surface area contributed by atoms with Gasteiger partial charge in [-0.1, -0.05) is 18.2 Å². The average Bonchev–Trinajstić information content (AvgIpc) is 2.65. The van der Waals surface area contributed by atoms with Crippen molar-refractivity contribution in [3.63, 3.8) is 0 Å². The van der Waals surface area contributed by atoms with Crippen LogP contribution >= 0.6 is 0 Å². The van der Waals surface area contributed by atoms with Gasteiger partial charge in [0.15, 0.2) is 0 Å². The molecule has 0 spiro atoms. The van der Waals surface area contributed by atoms with Gasteiger partial charge in [0.2, 0.25) is 11.8 Å². The van der Waals surface area contributed by atoms with E-state index in [-0.39, 0.29) is 18.2 Å². The van der Waals surface area contributed by atoms with Crippen LogP contribution in [0.1, 0.15) is 32.1 Å². The highest BCUT2D eigenvalue weighted by Crippen LogP contribution is 2.17. The van der Waals surface area contributed by atoms with Gasteiger partial charge >= 0.3 is 0 Å². The van der Waals surface area contributed by atoms with Crippen molar-refractivity contribution in [1.82, 2.24) is 10.2 Å². The van der Waals surface area contributed by atoms with E-state index in [1.54, 1.807) is 4.90 Å². The highest BCUT2D eigenvalue weighted by molar-refractivity contribution is 5.78. The number of rotatable bonds is 8. The minimum absolute atomic E-state index is 0.0413. The lowest BCUT2D eigenvalue weighted by Gasteiger charge is -2.31. The quantitative estimate of drug-likeness (QED) is 0.733. The molecule has 0 radical (unpaired) electrons. The molecule has 2 amide bonds. The SMILES string of the molecule is N#CCC(=O)N1CCC(CNC(=O)CCCOc2ccccc2)CC1. The van der Waals surface area contributed by atoms with Gasteiger partial charge in [0, 0.05) is 26.1 Å². The number of nitrogens with zero attached hydrogens (tertiary/aromatic N) is 2. The Labute approximate surface area is 148 Å². The third-order valence-corrected chi connectivity index (χ3v) is 4.35. The van der Waals surface area contributed by atoms with E-state index in [4.69, 9.17) is 10.00 Å². The van der Waals surface area contributed by atoms with Crippen LogP contribution in [0.2, 0.25) is 0 Å². The van der Waals surface area contributed by atoms with Crippen molar-refractivity contribution in [2.75, 3.05) is 26.2 Å². The number of hydrogen-bond acceptors (Lipinski definition) is 4. The normalized spacial score (nSPS) is 14.6. The van der Waals surface area contributed by atoms with Crippen LogP contribution < -0.4 is 10.1 Å². The Balaban J connectivity index is 1.54. The molecular formula is C19H25N3O3. The van der Waals surface area contributed by atoms with E-state index < -0.39 is 0 Å². The largest absolute Gasteiger partial charge is 0.494 e. The van der Waals surface area contributed by atoms with Gasteiger partial charge in [-0.3, -0.25) is 9.59 Å². The van der Waals surface area contributed by atoms with Gasteiger partial charge in [-0.05, 0) is 37.3 Å². The molecule has 1 aliphatic heterocycles. The minimum atomic E-state index is -0.0941. The molecule has 0 atom stereocenters. The fraction of sp³-hybridized carbons (Fsp3) is 0.526. The molecule has 1 N–H and O–H groups in total. The predicted molar refractivity (Wildman–Crippen MR) is 93.7 cm³/mol. The number of carbonyl (C=O) groups excluding carboxylic acids is 2. The zero-order valence-corrected chi connectivity index (χ0v) is 14.4. The highest BCUT2D eigenvalue weighted by Gasteiger charge is 2.22. The van der Waals surface area contributed by atoms with Crippen molar-refractivity contribution in [3.05, 3.63) is 30.3 Å². The Hall–Kier alpha value is -2.55. The van der Waals surface area contributed by atoms with E-state index in [1.165, 1.54) is 0 Å². The van der Waals surface area contributed by atoms with Crippen LogP contribution in [0.25, 0.3) is 0 Å². The zero-order chi connectivity index (χ0) is 17.9. The Morgan fingerprint density at radius 2 is 1.96 bits per heavy atom. The highest BCUT2D eigenvalue weighted by atomic mass is 16.5. The van der Waals surface area contributed by atoms with Crippen molar-refractivity contribution >= 4 is 11.8 Å². The average molecular weight is 343 g/mol. The Morgan fingerprint density at radius 1 is 1.24 bits per heavy atom. The van der Waals surface area contributed by atoms with E-state index in [0.29, 0.717) is 45.0 Å². The number of carbonyl (C=O) groups is 2. The number of piperidine rings is 1. The molecule has 134 valence electrons. The van der Waals surface area contributed by atoms with Crippen LogP contribution in [0.4, 0.5) is 0 Å². The van der Waals surface area contributed by atoms with Crippen molar-refractivity contribution in [3.8, 4) is 11.8 Å². The molecule has 0 unspecified atom stereocenters. The molecule has 1 aromatic rings. The number of hydrogen-bond donors (Lipinski definition) is 1. The number of nitrogens with one attached hydrogen (secondary N) is 1. The maximum Gasteiger partial charge on any atom is 0.236 e. The van der Waals surface area contributed by atoms with Gasteiger partial charge in [-0.15, -0.1) is 0 Å². The third-order valence-electron chi connectivity index (χ3n) is 4.35. The molecular weight excluding hydrogens is 318 g/mol. The van der Waals surface area contributed by atoms with Crippen LogP contribution in [0, 0.1) is 17.2 Å². The number of likely N-dealkylation sites (tertiary alicyclic amines) is 1. The van der Waals surface area contributed by atoms with Gasteiger partial charge in [0.25, 0.3) is 0 Å². The van der Waals surface area contributed by atoms with Crippen LogP contribution in [0.15, 0.2) is 30.3 Å². The van der Waals surface area contributed by atoms with E-state index >= 15 is 0 Å². The number of amides is 2. The van der Waals surface area contributed by atoms with Gasteiger partial charge in [-0.2, -0.15) is 5.26 Å². The minimum Gasteiger partial charge on any atom is -0.494 e. The third kappa shape index (κ3) is 6.84. The lowest BCUT2D eigenvalue weighted by Crippen LogP contribution is -2.41. The summed E-state index contributed by atoms with van der Waals surface area (Å²) >= 11 is 0. The van der Waals surface area contributed by atoms with E-state index in [0.717, 1.165) is 18.6 Å². The molecule has 1 fully saturated rings. The first-order valence-corrected chi connectivity index (χ1v) is 8.78. The number of para-hydroxylation sites is 1. The summed E-state index contributed by atoms with van der Waals surface area (Å²) in [6.45, 7) is 2.52. The second kappa shape index (κ2) is 10.3. The molecule has 1 aliphatic rings. The summed E-state index contributed by atoms with van der Waals surface area (Å²) in [7, 11) is 0. The van der Waals surface area contributed by atoms with Crippen molar-refractivity contribution in [2.24, 2.45) is 5.92 Å². The Kier molecular flexibility index (Phi) is 7.77. The lowest BCUT2D eigenvalue weighted by atomic mass is 9.96. The second-order valence-corrected chi connectivity index (χ2v) is 6.23. The summed E-state index contributed by atoms with van der Waals surface area (Å²) in [5.41, 5.74) is 0. The molecule has 0 saturated carbocycles. The fourth-order valence-electron chi connectivity index (χ4n) is 2.85. The van der Waals surface area contributed by atoms with Gasteiger partial charge in [0.05, 0.1) is 12.7 Å². The summed E-state index contributed by atoms with van der Waals surface area (Å²) in [6, 6.07) is 11.5. The van der Waals surface area contributed by atoms with Crippen LogP contribution in [0.3, 0.4) is 0 Å². The molecule has 0 aromatic heterocycles. The van der Waals surface area contributed by atoms with E-state index in [9.17, 15) is 9.59 Å². The Morgan fingerprint density at radius 3 is 2.64 bits per heavy atom. The summed E-state index contributed by atoms with van der Waals surface area (Å²) in [5.74, 6) is 1.17. The van der Waals surface area contributed by atoms with Crippen LogP contribution in [-0.4, -0.2) is 43.0 Å². The molecule has 25 heavy (non-hydrogen) atoms. The second-order valence-electron chi connectivity index (χ2n) is 6.23. The monoisotopic (exact) mass is 343 g/mol. The van der Waals surface area contributed by atoms with E-state index in [1.807, 2.05) is 36.4 Å². The predicted octanol–water partition coefficient (Wildman–Crippen LogP) is 2.11. The molecule has 6 heteroatoms. The maximum absolute atomic E-state index is 11.9. The topological polar surface area (TPSA) is 82.4 Å². The summed E-state index contributed by atoms with van der Waals surface area (Å²) in [4.78, 5) is 25.3. The molecule has 6 nitrogen and oxygen atoms in total. The molecule has 1 saturated heterocycles.